The molecule has 3 N–H and O–H groups in total. The maximum absolute atomic E-state index is 12.8. The Labute approximate surface area is 203 Å². The van der Waals surface area contributed by atoms with Crippen LogP contribution in [0.4, 0.5) is 4.79 Å². The first-order valence-electron chi connectivity index (χ1n) is 11.6. The minimum atomic E-state index is -1.02. The molecule has 0 bridgehead atoms. The SMILES string of the molecule is CSC1(CNC(=O)C(CCC(=O)O)NC(=O)OCC2c3ccccc3-c3ccccc32)CCC1. The lowest BCUT2D eigenvalue weighted by Crippen LogP contribution is -2.52. The van der Waals surface area contributed by atoms with Crippen LogP contribution in [0, 0.1) is 0 Å². The van der Waals surface area contributed by atoms with Crippen molar-refractivity contribution in [2.75, 3.05) is 19.4 Å². The van der Waals surface area contributed by atoms with Crippen molar-refractivity contribution >= 4 is 29.7 Å². The summed E-state index contributed by atoms with van der Waals surface area (Å²) in [6.07, 6.45) is 4.28. The molecule has 1 atom stereocenters. The lowest BCUT2D eigenvalue weighted by molar-refractivity contribution is -0.137. The van der Waals surface area contributed by atoms with Crippen LogP contribution in [-0.4, -0.2) is 53.3 Å². The first-order valence-corrected chi connectivity index (χ1v) is 12.8. The van der Waals surface area contributed by atoms with Crippen LogP contribution in [0.2, 0.25) is 0 Å². The van der Waals surface area contributed by atoms with Gasteiger partial charge in [-0.15, -0.1) is 0 Å². The van der Waals surface area contributed by atoms with Crippen LogP contribution < -0.4 is 10.6 Å². The third kappa shape index (κ3) is 5.22. The number of aliphatic carboxylic acids is 1. The zero-order chi connectivity index (χ0) is 24.1. The fraction of sp³-hybridized carbons (Fsp3) is 0.423. The van der Waals surface area contributed by atoms with Crippen molar-refractivity contribution in [3.8, 4) is 11.1 Å². The number of benzene rings is 2. The van der Waals surface area contributed by atoms with Gasteiger partial charge in [0.25, 0.3) is 0 Å². The Kier molecular flexibility index (Phi) is 7.46. The van der Waals surface area contributed by atoms with Crippen LogP contribution in [-0.2, 0) is 14.3 Å². The van der Waals surface area contributed by atoms with Gasteiger partial charge >= 0.3 is 12.1 Å². The highest BCUT2D eigenvalue weighted by Gasteiger charge is 2.37. The number of alkyl carbamates (subject to hydrolysis) is 1. The molecule has 2 aromatic carbocycles. The molecule has 0 heterocycles. The van der Waals surface area contributed by atoms with Gasteiger partial charge in [-0.2, -0.15) is 11.8 Å². The Hall–Kier alpha value is -3.00. The topological polar surface area (TPSA) is 105 Å². The van der Waals surface area contributed by atoms with Crippen molar-refractivity contribution in [1.82, 2.24) is 10.6 Å². The standard InChI is InChI=1S/C26H30N2O5S/c1-34-26(13-6-14-26)16-27-24(31)22(11-12-23(29)30)28-25(32)33-15-21-19-9-4-2-7-17(19)18-8-3-5-10-20(18)21/h2-5,7-10,21-22H,6,11-16H2,1H3,(H,27,31)(H,28,32)(H,29,30). The summed E-state index contributed by atoms with van der Waals surface area (Å²) in [5, 5.41) is 14.6. The molecule has 0 saturated heterocycles. The molecule has 8 heteroatoms. The summed E-state index contributed by atoms with van der Waals surface area (Å²) in [5.74, 6) is -1.49. The van der Waals surface area contributed by atoms with E-state index < -0.39 is 18.1 Å². The first-order chi connectivity index (χ1) is 16.4. The van der Waals surface area contributed by atoms with Gasteiger partial charge in [0.15, 0.2) is 0 Å². The van der Waals surface area contributed by atoms with E-state index in [-0.39, 0.29) is 36.0 Å². The van der Waals surface area contributed by atoms with E-state index in [9.17, 15) is 14.4 Å². The fourth-order valence-corrected chi connectivity index (χ4v) is 5.63. The molecule has 180 valence electrons. The van der Waals surface area contributed by atoms with Gasteiger partial charge in [0.1, 0.15) is 12.6 Å². The van der Waals surface area contributed by atoms with Crippen LogP contribution in [0.25, 0.3) is 11.1 Å². The quantitative estimate of drug-likeness (QED) is 0.470. The summed E-state index contributed by atoms with van der Waals surface area (Å²) in [6, 6.07) is 15.1. The molecule has 34 heavy (non-hydrogen) atoms. The Morgan fingerprint density at radius 3 is 2.24 bits per heavy atom. The van der Waals surface area contributed by atoms with Gasteiger partial charge in [0.05, 0.1) is 0 Å². The molecular weight excluding hydrogens is 452 g/mol. The highest BCUT2D eigenvalue weighted by Crippen LogP contribution is 2.44. The summed E-state index contributed by atoms with van der Waals surface area (Å²) in [5.41, 5.74) is 4.45. The van der Waals surface area contributed by atoms with Gasteiger partial charge in [-0.05, 0) is 47.8 Å². The van der Waals surface area contributed by atoms with Crippen molar-refractivity contribution in [3.63, 3.8) is 0 Å². The predicted molar refractivity (Wildman–Crippen MR) is 132 cm³/mol. The van der Waals surface area contributed by atoms with E-state index in [1.165, 1.54) is 0 Å². The van der Waals surface area contributed by atoms with E-state index in [0.717, 1.165) is 41.5 Å². The Morgan fingerprint density at radius 2 is 1.71 bits per heavy atom. The number of ether oxygens (including phenoxy) is 1. The number of hydrogen-bond acceptors (Lipinski definition) is 5. The molecule has 1 unspecified atom stereocenters. The van der Waals surface area contributed by atoms with Gasteiger partial charge in [0.2, 0.25) is 5.91 Å². The highest BCUT2D eigenvalue weighted by molar-refractivity contribution is 8.00. The second kappa shape index (κ2) is 10.5. The molecule has 0 spiro atoms. The predicted octanol–water partition coefficient (Wildman–Crippen LogP) is 4.16. The minimum Gasteiger partial charge on any atom is -0.481 e. The number of rotatable bonds is 10. The van der Waals surface area contributed by atoms with E-state index >= 15 is 0 Å². The first kappa shape index (κ1) is 24.1. The van der Waals surface area contributed by atoms with E-state index in [4.69, 9.17) is 9.84 Å². The second-order valence-corrected chi connectivity index (χ2v) is 10.2. The van der Waals surface area contributed by atoms with Crippen LogP contribution in [0.1, 0.15) is 49.1 Å². The number of carbonyl (C=O) groups excluding carboxylic acids is 2. The van der Waals surface area contributed by atoms with Crippen LogP contribution in [0.5, 0.6) is 0 Å². The van der Waals surface area contributed by atoms with Crippen LogP contribution >= 0.6 is 11.8 Å². The number of nitrogens with one attached hydrogen (secondary N) is 2. The molecule has 2 aliphatic rings. The summed E-state index contributed by atoms with van der Waals surface area (Å²) in [7, 11) is 0. The number of fused-ring (bicyclic) bond motifs is 3. The third-order valence-electron chi connectivity index (χ3n) is 6.88. The van der Waals surface area contributed by atoms with Gasteiger partial charge in [-0.25, -0.2) is 4.79 Å². The number of carboxylic acids is 1. The molecule has 2 aromatic rings. The Bertz CT molecular complexity index is 1020. The second-order valence-electron chi connectivity index (χ2n) is 8.91. The van der Waals surface area contributed by atoms with Crippen LogP contribution in [0.15, 0.2) is 48.5 Å². The highest BCUT2D eigenvalue weighted by atomic mass is 32.2. The lowest BCUT2D eigenvalue weighted by atomic mass is 9.84. The number of carbonyl (C=O) groups is 3. The molecule has 2 aliphatic carbocycles. The largest absolute Gasteiger partial charge is 0.481 e. The summed E-state index contributed by atoms with van der Waals surface area (Å²) < 4.78 is 5.58. The van der Waals surface area contributed by atoms with E-state index in [1.54, 1.807) is 11.8 Å². The summed E-state index contributed by atoms with van der Waals surface area (Å²) >= 11 is 1.74. The lowest BCUT2D eigenvalue weighted by Gasteiger charge is -2.40. The number of hydrogen-bond donors (Lipinski definition) is 3. The number of thioether (sulfide) groups is 1. The van der Waals surface area contributed by atoms with E-state index in [1.807, 2.05) is 42.7 Å². The zero-order valence-electron chi connectivity index (χ0n) is 19.2. The van der Waals surface area contributed by atoms with Gasteiger partial charge < -0.3 is 20.5 Å². The Morgan fingerprint density at radius 1 is 1.09 bits per heavy atom. The maximum atomic E-state index is 12.8. The zero-order valence-corrected chi connectivity index (χ0v) is 20.0. The molecule has 0 radical (unpaired) electrons. The molecule has 7 nitrogen and oxygen atoms in total. The average molecular weight is 483 g/mol. The fourth-order valence-electron chi connectivity index (χ4n) is 4.71. The third-order valence-corrected chi connectivity index (χ3v) is 8.30. The minimum absolute atomic E-state index is 0.00235. The van der Waals surface area contributed by atoms with Gasteiger partial charge in [-0.1, -0.05) is 55.0 Å². The van der Waals surface area contributed by atoms with Crippen molar-refractivity contribution in [1.29, 1.82) is 0 Å². The number of amides is 2. The van der Waals surface area contributed by atoms with Crippen LogP contribution in [0.3, 0.4) is 0 Å². The maximum Gasteiger partial charge on any atom is 0.407 e. The Balaban J connectivity index is 1.38. The average Bonchev–Trinajstić information content (AvgIpc) is 3.13. The van der Waals surface area contributed by atoms with E-state index in [0.29, 0.717) is 6.54 Å². The monoisotopic (exact) mass is 482 g/mol. The molecule has 1 fully saturated rings. The summed E-state index contributed by atoms with van der Waals surface area (Å²) in [4.78, 5) is 36.5. The molecule has 2 amide bonds. The smallest absolute Gasteiger partial charge is 0.407 e. The molecule has 0 aromatic heterocycles. The van der Waals surface area contributed by atoms with E-state index in [2.05, 4.69) is 22.8 Å². The van der Waals surface area contributed by atoms with Crippen molar-refractivity contribution < 1.29 is 24.2 Å². The molecular formula is C26H30N2O5S. The van der Waals surface area contributed by atoms with Crippen molar-refractivity contribution in [2.45, 2.75) is 48.8 Å². The molecule has 0 aliphatic heterocycles. The van der Waals surface area contributed by atoms with Gasteiger partial charge in [0, 0.05) is 23.6 Å². The van der Waals surface area contributed by atoms with Crippen molar-refractivity contribution in [2.24, 2.45) is 0 Å². The molecule has 4 rings (SSSR count). The van der Waals surface area contributed by atoms with Gasteiger partial charge in [-0.3, -0.25) is 9.59 Å². The number of carboxylic acid groups (broad SMARTS) is 1. The normalized spacial score (nSPS) is 16.5. The summed E-state index contributed by atoms with van der Waals surface area (Å²) in [6.45, 7) is 0.631. The molecule has 1 saturated carbocycles. The van der Waals surface area contributed by atoms with Crippen molar-refractivity contribution in [3.05, 3.63) is 59.7 Å².